The van der Waals surface area contributed by atoms with Crippen LogP contribution in [0.1, 0.15) is 50.7 Å². The van der Waals surface area contributed by atoms with Crippen LogP contribution in [0.3, 0.4) is 0 Å². The average molecular weight is 368 g/mol. The first kappa shape index (κ1) is 17.0. The summed E-state index contributed by atoms with van der Waals surface area (Å²) < 4.78 is 43.4. The van der Waals surface area contributed by atoms with Crippen molar-refractivity contribution in [2.24, 2.45) is 0 Å². The number of fused-ring (bicyclic) bond motifs is 2. The fourth-order valence-electron chi connectivity index (χ4n) is 3.41. The summed E-state index contributed by atoms with van der Waals surface area (Å²) in [5.41, 5.74) is -2.14. The molecule has 26 heavy (non-hydrogen) atoms. The van der Waals surface area contributed by atoms with Crippen LogP contribution in [0.5, 0.6) is 0 Å². The van der Waals surface area contributed by atoms with E-state index >= 15 is 0 Å². The van der Waals surface area contributed by atoms with Crippen LogP contribution in [-0.4, -0.2) is 35.3 Å². The maximum Gasteiger partial charge on any atom is 0.401 e. The van der Waals surface area contributed by atoms with Gasteiger partial charge in [-0.25, -0.2) is 9.38 Å². The SMILES string of the molecule is CCCCCn1c2nc(C3(C(F)(F)F)CC3)[nH]c2c(=O)n2c(C)nnc12. The standard InChI is InChI=1S/C16H19F3N6O/c1-3-4-5-8-24-11-10(12(26)25-9(2)22-23-14(24)25)20-13(21-11)15(6-7-15)16(17,18)19/h3-8H2,1-2H3,(H,20,21). The molecule has 3 heterocycles. The Hall–Kier alpha value is -2.39. The van der Waals surface area contributed by atoms with Gasteiger partial charge in [0.15, 0.2) is 5.65 Å². The number of aromatic amines is 1. The largest absolute Gasteiger partial charge is 0.401 e. The average Bonchev–Trinajstić information content (AvgIpc) is 3.14. The minimum atomic E-state index is -4.39. The Morgan fingerprint density at radius 2 is 1.96 bits per heavy atom. The van der Waals surface area contributed by atoms with Crippen LogP contribution in [-0.2, 0) is 12.0 Å². The number of aryl methyl sites for hydroxylation is 2. The van der Waals surface area contributed by atoms with E-state index in [-0.39, 0.29) is 29.8 Å². The van der Waals surface area contributed by atoms with Crippen LogP contribution in [0.25, 0.3) is 16.9 Å². The molecular weight excluding hydrogens is 349 g/mol. The summed E-state index contributed by atoms with van der Waals surface area (Å²) in [6.07, 6.45) is -1.67. The summed E-state index contributed by atoms with van der Waals surface area (Å²) in [5, 5.41) is 7.98. The monoisotopic (exact) mass is 368 g/mol. The third-order valence-corrected chi connectivity index (χ3v) is 5.14. The van der Waals surface area contributed by atoms with Crippen LogP contribution in [0.4, 0.5) is 13.2 Å². The zero-order valence-corrected chi connectivity index (χ0v) is 14.5. The number of hydrogen-bond acceptors (Lipinski definition) is 4. The molecule has 0 bridgehead atoms. The van der Waals surface area contributed by atoms with Crippen molar-refractivity contribution in [3.63, 3.8) is 0 Å². The molecule has 0 aliphatic heterocycles. The first-order chi connectivity index (χ1) is 12.3. The Balaban J connectivity index is 1.96. The third kappa shape index (κ3) is 2.27. The molecule has 0 spiro atoms. The van der Waals surface area contributed by atoms with Crippen molar-refractivity contribution < 1.29 is 13.2 Å². The van der Waals surface area contributed by atoms with Crippen LogP contribution in [0.15, 0.2) is 4.79 Å². The quantitative estimate of drug-likeness (QED) is 0.702. The minimum absolute atomic E-state index is 0.0158. The fourth-order valence-corrected chi connectivity index (χ4v) is 3.41. The maximum absolute atomic E-state index is 13.5. The number of unbranched alkanes of at least 4 members (excludes halogenated alkanes) is 2. The van der Waals surface area contributed by atoms with Crippen molar-refractivity contribution in [2.45, 2.75) is 64.1 Å². The molecule has 3 aromatic heterocycles. The smallest absolute Gasteiger partial charge is 0.335 e. The van der Waals surface area contributed by atoms with E-state index in [0.717, 1.165) is 19.3 Å². The van der Waals surface area contributed by atoms with Gasteiger partial charge in [-0.2, -0.15) is 13.2 Å². The van der Waals surface area contributed by atoms with E-state index in [1.165, 1.54) is 4.40 Å². The van der Waals surface area contributed by atoms with Crippen LogP contribution in [0, 0.1) is 6.92 Å². The van der Waals surface area contributed by atoms with Crippen molar-refractivity contribution in [1.29, 1.82) is 0 Å². The zero-order valence-electron chi connectivity index (χ0n) is 14.5. The highest BCUT2D eigenvalue weighted by Crippen LogP contribution is 2.58. The lowest BCUT2D eigenvalue weighted by Crippen LogP contribution is -2.29. The summed E-state index contributed by atoms with van der Waals surface area (Å²) in [6, 6.07) is 0. The lowest BCUT2D eigenvalue weighted by atomic mass is 10.1. The van der Waals surface area contributed by atoms with E-state index in [2.05, 4.69) is 27.1 Å². The molecular formula is C16H19F3N6O. The second-order valence-electron chi connectivity index (χ2n) is 6.91. The fraction of sp³-hybridized carbons (Fsp3) is 0.625. The molecule has 0 amide bonds. The molecule has 0 unspecified atom stereocenters. The molecule has 3 aromatic rings. The van der Waals surface area contributed by atoms with Gasteiger partial charge in [0.2, 0.25) is 5.78 Å². The second-order valence-corrected chi connectivity index (χ2v) is 6.91. The topological polar surface area (TPSA) is 80.9 Å². The number of imidazole rings is 1. The predicted molar refractivity (Wildman–Crippen MR) is 88.1 cm³/mol. The number of alkyl halides is 3. The number of aromatic nitrogens is 6. The molecule has 0 saturated heterocycles. The molecule has 1 fully saturated rings. The Bertz CT molecular complexity index is 1040. The van der Waals surface area contributed by atoms with Crippen LogP contribution in [0.2, 0.25) is 0 Å². The molecule has 7 nitrogen and oxygen atoms in total. The van der Waals surface area contributed by atoms with Gasteiger partial charge in [0, 0.05) is 6.54 Å². The lowest BCUT2D eigenvalue weighted by Gasteiger charge is -2.16. The normalized spacial score (nSPS) is 16.7. The molecule has 0 atom stereocenters. The number of halogens is 3. The van der Waals surface area contributed by atoms with Crippen molar-refractivity contribution in [3.8, 4) is 0 Å². The van der Waals surface area contributed by atoms with E-state index in [9.17, 15) is 18.0 Å². The highest BCUT2D eigenvalue weighted by molar-refractivity contribution is 5.73. The number of rotatable bonds is 5. The Kier molecular flexibility index (Phi) is 3.64. The van der Waals surface area contributed by atoms with Gasteiger partial charge in [-0.1, -0.05) is 19.8 Å². The molecule has 4 rings (SSSR count). The number of H-pyrrole nitrogens is 1. The molecule has 0 radical (unpaired) electrons. The number of hydrogen-bond donors (Lipinski definition) is 1. The molecule has 1 saturated carbocycles. The van der Waals surface area contributed by atoms with E-state index < -0.39 is 17.2 Å². The summed E-state index contributed by atoms with van der Waals surface area (Å²) >= 11 is 0. The lowest BCUT2D eigenvalue weighted by molar-refractivity contribution is -0.162. The molecule has 1 aliphatic rings. The van der Waals surface area contributed by atoms with Gasteiger partial charge in [-0.3, -0.25) is 9.36 Å². The Morgan fingerprint density at radius 1 is 1.23 bits per heavy atom. The van der Waals surface area contributed by atoms with Gasteiger partial charge < -0.3 is 4.98 Å². The van der Waals surface area contributed by atoms with Gasteiger partial charge in [-0.05, 0) is 26.2 Å². The van der Waals surface area contributed by atoms with E-state index in [0.29, 0.717) is 18.1 Å². The van der Waals surface area contributed by atoms with Crippen molar-refractivity contribution >= 4 is 16.9 Å². The molecule has 1 aliphatic carbocycles. The predicted octanol–water partition coefficient (Wildman–Crippen LogP) is 2.86. The second kappa shape index (κ2) is 5.55. The minimum Gasteiger partial charge on any atom is -0.335 e. The summed E-state index contributed by atoms with van der Waals surface area (Å²) in [4.78, 5) is 19.7. The molecule has 10 heteroatoms. The number of nitrogens with zero attached hydrogens (tertiary/aromatic N) is 5. The van der Waals surface area contributed by atoms with Crippen LogP contribution >= 0.6 is 0 Å². The first-order valence-corrected chi connectivity index (χ1v) is 8.71. The highest BCUT2D eigenvalue weighted by atomic mass is 19.4. The summed E-state index contributed by atoms with van der Waals surface area (Å²) in [5.74, 6) is 0.524. The summed E-state index contributed by atoms with van der Waals surface area (Å²) in [7, 11) is 0. The van der Waals surface area contributed by atoms with E-state index in [1.54, 1.807) is 11.5 Å². The Morgan fingerprint density at radius 3 is 2.58 bits per heavy atom. The zero-order chi connectivity index (χ0) is 18.7. The van der Waals surface area contributed by atoms with Gasteiger partial charge in [0.1, 0.15) is 22.6 Å². The van der Waals surface area contributed by atoms with Crippen molar-refractivity contribution in [1.82, 2.24) is 29.1 Å². The van der Waals surface area contributed by atoms with E-state index in [4.69, 9.17) is 0 Å². The van der Waals surface area contributed by atoms with Crippen molar-refractivity contribution in [2.75, 3.05) is 0 Å². The highest BCUT2D eigenvalue weighted by Gasteiger charge is 2.66. The van der Waals surface area contributed by atoms with E-state index in [1.807, 2.05) is 0 Å². The van der Waals surface area contributed by atoms with Crippen LogP contribution < -0.4 is 5.56 Å². The number of nitrogens with one attached hydrogen (secondary N) is 1. The van der Waals surface area contributed by atoms with Gasteiger partial charge in [0.05, 0.1) is 0 Å². The first-order valence-electron chi connectivity index (χ1n) is 8.71. The van der Waals surface area contributed by atoms with Gasteiger partial charge in [0.25, 0.3) is 5.56 Å². The maximum atomic E-state index is 13.5. The van der Waals surface area contributed by atoms with Crippen molar-refractivity contribution in [3.05, 3.63) is 22.0 Å². The summed E-state index contributed by atoms with van der Waals surface area (Å²) in [6.45, 7) is 4.21. The van der Waals surface area contributed by atoms with Gasteiger partial charge >= 0.3 is 6.18 Å². The molecule has 1 N–H and O–H groups in total. The molecule has 0 aromatic carbocycles. The van der Waals surface area contributed by atoms with Gasteiger partial charge in [-0.15, -0.1) is 10.2 Å². The third-order valence-electron chi connectivity index (χ3n) is 5.14. The Labute approximate surface area is 146 Å². The molecule has 140 valence electrons.